The Morgan fingerprint density at radius 1 is 1.06 bits per heavy atom. The van der Waals surface area contributed by atoms with Gasteiger partial charge in [0.2, 0.25) is 0 Å². The Hall–Kier alpha value is -3.85. The molecule has 33 heavy (non-hydrogen) atoms. The second-order valence-electron chi connectivity index (χ2n) is 7.83. The highest BCUT2D eigenvalue weighted by Crippen LogP contribution is 2.29. The number of rotatable bonds is 8. The maximum absolute atomic E-state index is 13.0. The van der Waals surface area contributed by atoms with Crippen LogP contribution in [-0.2, 0) is 6.54 Å². The fourth-order valence-electron chi connectivity index (χ4n) is 4.01. The van der Waals surface area contributed by atoms with Crippen molar-refractivity contribution in [3.05, 3.63) is 71.5 Å². The van der Waals surface area contributed by atoms with Gasteiger partial charge in [0.05, 0.1) is 26.1 Å². The number of H-pyrrole nitrogens is 1. The summed E-state index contributed by atoms with van der Waals surface area (Å²) in [5, 5.41) is 12.4. The lowest BCUT2D eigenvalue weighted by molar-refractivity contribution is 0.0933. The number of nitrogens with zero attached hydrogens (tertiary/aromatic N) is 2. The molecule has 2 heterocycles. The van der Waals surface area contributed by atoms with Crippen LogP contribution in [0, 0.1) is 0 Å². The number of likely N-dealkylation sites (tertiary alicyclic amines) is 1. The lowest BCUT2D eigenvalue weighted by atomic mass is 10.1. The summed E-state index contributed by atoms with van der Waals surface area (Å²) in [6.45, 7) is 2.51. The Morgan fingerprint density at radius 2 is 1.79 bits per heavy atom. The zero-order chi connectivity index (χ0) is 23.2. The monoisotopic (exact) mass is 449 g/mol. The molecule has 0 aliphatic carbocycles. The molecule has 0 bridgehead atoms. The Balaban J connectivity index is 1.40. The van der Waals surface area contributed by atoms with Gasteiger partial charge in [0.1, 0.15) is 22.8 Å². The van der Waals surface area contributed by atoms with E-state index in [1.54, 1.807) is 18.2 Å². The van der Waals surface area contributed by atoms with Gasteiger partial charge in [-0.05, 0) is 24.1 Å². The van der Waals surface area contributed by atoms with E-state index in [4.69, 9.17) is 9.47 Å². The summed E-state index contributed by atoms with van der Waals surface area (Å²) in [4.78, 5) is 28.2. The molecule has 0 radical (unpaired) electrons. The molecule has 9 heteroatoms. The molecule has 1 fully saturated rings. The highest BCUT2D eigenvalue weighted by molar-refractivity contribution is 6.11. The molecule has 2 amide bonds. The summed E-state index contributed by atoms with van der Waals surface area (Å²) >= 11 is 0. The number of methoxy groups -OCH3 is 2. The van der Waals surface area contributed by atoms with E-state index in [1.807, 2.05) is 18.2 Å². The summed E-state index contributed by atoms with van der Waals surface area (Å²) in [6.07, 6.45) is 2.26. The van der Waals surface area contributed by atoms with E-state index in [0.29, 0.717) is 11.5 Å². The van der Waals surface area contributed by atoms with Crippen LogP contribution in [0.3, 0.4) is 0 Å². The number of aromatic amines is 1. The highest BCUT2D eigenvalue weighted by Gasteiger charge is 2.27. The standard InChI is InChI=1S/C24H27N5O4/c1-32-19-9-6-10-20(33-2)21(19)23(30)27-18-13-25-28-22(18)24(31)26-17-11-12-29(15-17)14-16-7-4-3-5-8-16/h3-10,13,17H,11-12,14-15H2,1-2H3,(H,25,28)(H,26,31)(H,27,30). The molecule has 2 aromatic carbocycles. The van der Waals surface area contributed by atoms with Crippen molar-refractivity contribution >= 4 is 17.5 Å². The van der Waals surface area contributed by atoms with E-state index in [-0.39, 0.29) is 28.9 Å². The van der Waals surface area contributed by atoms with Crippen molar-refractivity contribution in [2.75, 3.05) is 32.6 Å². The smallest absolute Gasteiger partial charge is 0.271 e. The van der Waals surface area contributed by atoms with E-state index in [0.717, 1.165) is 26.1 Å². The van der Waals surface area contributed by atoms with Crippen LogP contribution in [0.25, 0.3) is 0 Å². The molecule has 1 aliphatic heterocycles. The van der Waals surface area contributed by atoms with Crippen molar-refractivity contribution in [2.24, 2.45) is 0 Å². The third-order valence-corrected chi connectivity index (χ3v) is 5.63. The number of benzene rings is 2. The van der Waals surface area contributed by atoms with Crippen LogP contribution >= 0.6 is 0 Å². The molecule has 4 rings (SSSR count). The molecular formula is C24H27N5O4. The fourth-order valence-corrected chi connectivity index (χ4v) is 4.01. The summed E-state index contributed by atoms with van der Waals surface area (Å²) in [5.41, 5.74) is 1.96. The van der Waals surface area contributed by atoms with Gasteiger partial charge in [-0.2, -0.15) is 5.10 Å². The Morgan fingerprint density at radius 3 is 2.48 bits per heavy atom. The van der Waals surface area contributed by atoms with Gasteiger partial charge >= 0.3 is 0 Å². The van der Waals surface area contributed by atoms with Gasteiger partial charge in [-0.15, -0.1) is 0 Å². The Bertz CT molecular complexity index is 1090. The minimum absolute atomic E-state index is 0.0161. The SMILES string of the molecule is COc1cccc(OC)c1C(=O)Nc1cn[nH]c1C(=O)NC1CCN(Cc2ccccc2)C1. The van der Waals surface area contributed by atoms with Crippen LogP contribution < -0.4 is 20.1 Å². The van der Waals surface area contributed by atoms with Crippen molar-refractivity contribution in [1.29, 1.82) is 0 Å². The first kappa shape index (κ1) is 22.3. The van der Waals surface area contributed by atoms with Gasteiger partial charge in [0, 0.05) is 25.7 Å². The highest BCUT2D eigenvalue weighted by atomic mass is 16.5. The van der Waals surface area contributed by atoms with Crippen LogP contribution in [0.1, 0.15) is 32.8 Å². The maximum atomic E-state index is 13.0. The van der Waals surface area contributed by atoms with Gasteiger partial charge in [-0.25, -0.2) is 0 Å². The van der Waals surface area contributed by atoms with E-state index < -0.39 is 5.91 Å². The fraction of sp³-hybridized carbons (Fsp3) is 0.292. The van der Waals surface area contributed by atoms with Crippen LogP contribution in [0.15, 0.2) is 54.7 Å². The van der Waals surface area contributed by atoms with Crippen molar-refractivity contribution < 1.29 is 19.1 Å². The van der Waals surface area contributed by atoms with E-state index in [1.165, 1.54) is 26.0 Å². The number of hydrogen-bond acceptors (Lipinski definition) is 6. The molecule has 9 nitrogen and oxygen atoms in total. The van der Waals surface area contributed by atoms with Crippen LogP contribution in [0.5, 0.6) is 11.5 Å². The number of nitrogens with one attached hydrogen (secondary N) is 3. The summed E-state index contributed by atoms with van der Waals surface area (Å²) in [5.74, 6) is -0.0485. The number of anilines is 1. The van der Waals surface area contributed by atoms with Crippen LogP contribution in [0.2, 0.25) is 0 Å². The van der Waals surface area contributed by atoms with Crippen LogP contribution in [-0.4, -0.2) is 60.3 Å². The number of ether oxygens (including phenoxy) is 2. The molecule has 1 atom stereocenters. The first-order valence-corrected chi connectivity index (χ1v) is 10.7. The Labute approximate surface area is 192 Å². The molecule has 1 saturated heterocycles. The van der Waals surface area contributed by atoms with Gasteiger partial charge in [-0.3, -0.25) is 19.6 Å². The molecule has 3 N–H and O–H groups in total. The minimum atomic E-state index is -0.463. The first-order chi connectivity index (χ1) is 16.1. The zero-order valence-corrected chi connectivity index (χ0v) is 18.6. The van der Waals surface area contributed by atoms with Crippen molar-refractivity contribution in [3.63, 3.8) is 0 Å². The average Bonchev–Trinajstić information content (AvgIpc) is 3.48. The number of carbonyl (C=O) groups is 2. The summed E-state index contributed by atoms with van der Waals surface area (Å²) in [6, 6.07) is 15.3. The van der Waals surface area contributed by atoms with Crippen molar-refractivity contribution in [2.45, 2.75) is 19.0 Å². The van der Waals surface area contributed by atoms with E-state index in [9.17, 15) is 9.59 Å². The molecule has 1 unspecified atom stereocenters. The van der Waals surface area contributed by atoms with E-state index >= 15 is 0 Å². The predicted molar refractivity (Wildman–Crippen MR) is 124 cm³/mol. The normalized spacial score (nSPS) is 15.8. The quantitative estimate of drug-likeness (QED) is 0.488. The average molecular weight is 450 g/mol. The van der Waals surface area contributed by atoms with Gasteiger partial charge in [0.15, 0.2) is 0 Å². The second-order valence-corrected chi connectivity index (χ2v) is 7.83. The Kier molecular flexibility index (Phi) is 6.89. The third-order valence-electron chi connectivity index (χ3n) is 5.63. The zero-order valence-electron chi connectivity index (χ0n) is 18.6. The first-order valence-electron chi connectivity index (χ1n) is 10.7. The summed E-state index contributed by atoms with van der Waals surface area (Å²) in [7, 11) is 2.95. The van der Waals surface area contributed by atoms with Gasteiger partial charge in [0.25, 0.3) is 11.8 Å². The third kappa shape index (κ3) is 5.15. The largest absolute Gasteiger partial charge is 0.496 e. The number of aromatic nitrogens is 2. The molecular weight excluding hydrogens is 422 g/mol. The molecule has 1 aromatic heterocycles. The molecule has 1 aliphatic rings. The van der Waals surface area contributed by atoms with Gasteiger partial charge < -0.3 is 20.1 Å². The predicted octanol–water partition coefficient (Wildman–Crippen LogP) is 2.68. The topological polar surface area (TPSA) is 109 Å². The number of amides is 2. The molecule has 3 aromatic rings. The second kappa shape index (κ2) is 10.2. The maximum Gasteiger partial charge on any atom is 0.271 e. The van der Waals surface area contributed by atoms with Crippen molar-refractivity contribution in [3.8, 4) is 11.5 Å². The molecule has 0 saturated carbocycles. The lowest BCUT2D eigenvalue weighted by Crippen LogP contribution is -2.37. The van der Waals surface area contributed by atoms with Gasteiger partial charge in [-0.1, -0.05) is 36.4 Å². The van der Waals surface area contributed by atoms with Crippen molar-refractivity contribution in [1.82, 2.24) is 20.4 Å². The molecule has 0 spiro atoms. The van der Waals surface area contributed by atoms with E-state index in [2.05, 4.69) is 37.9 Å². The number of hydrogen-bond donors (Lipinski definition) is 3. The summed E-state index contributed by atoms with van der Waals surface area (Å²) < 4.78 is 10.6. The molecule has 172 valence electrons. The number of carbonyl (C=O) groups excluding carboxylic acids is 2. The minimum Gasteiger partial charge on any atom is -0.496 e. The van der Waals surface area contributed by atoms with Crippen LogP contribution in [0.4, 0.5) is 5.69 Å². The lowest BCUT2D eigenvalue weighted by Gasteiger charge is -2.17.